The number of aryl methyl sites for hydroxylation is 1. The van der Waals surface area contributed by atoms with Crippen molar-refractivity contribution in [3.63, 3.8) is 0 Å². The number of aromatic nitrogens is 1. The number of nitrogens with zero attached hydrogens (tertiary/aromatic N) is 2. The van der Waals surface area contributed by atoms with Crippen molar-refractivity contribution in [2.45, 2.75) is 0 Å². The van der Waals surface area contributed by atoms with E-state index in [1.807, 2.05) is 0 Å². The summed E-state index contributed by atoms with van der Waals surface area (Å²) in [5.41, 5.74) is 1.18. The number of carbonyl (C=O) groups excluding carboxylic acids is 1. The molecular formula is C13H14N2O4. The minimum atomic E-state index is -1.06. The first-order valence-corrected chi connectivity index (χ1v) is 5.66. The number of hydrogen-bond donors (Lipinski definition) is 2. The van der Waals surface area contributed by atoms with Crippen LogP contribution in [0.2, 0.25) is 0 Å². The van der Waals surface area contributed by atoms with Gasteiger partial charge in [-0.3, -0.25) is 9.59 Å². The molecule has 0 aliphatic rings. The molecule has 2 rings (SSSR count). The summed E-state index contributed by atoms with van der Waals surface area (Å²) in [6, 6.07) is 6.44. The Labute approximate surface area is 109 Å². The van der Waals surface area contributed by atoms with Gasteiger partial charge >= 0.3 is 5.97 Å². The van der Waals surface area contributed by atoms with Crippen LogP contribution < -0.4 is 0 Å². The molecular weight excluding hydrogens is 248 g/mol. The molecule has 1 amide bonds. The van der Waals surface area contributed by atoms with Crippen LogP contribution in [0.4, 0.5) is 0 Å². The molecule has 0 bridgehead atoms. The van der Waals surface area contributed by atoms with Crippen molar-refractivity contribution in [2.24, 2.45) is 7.05 Å². The first-order chi connectivity index (χ1) is 8.90. The fraction of sp³-hybridized carbons (Fsp3) is 0.231. The molecule has 0 atom stereocenters. The number of fused-ring (bicyclic) bond motifs is 1. The van der Waals surface area contributed by atoms with Gasteiger partial charge in [0.1, 0.15) is 18.0 Å². The molecule has 0 aliphatic heterocycles. The predicted molar refractivity (Wildman–Crippen MR) is 69.2 cm³/mol. The van der Waals surface area contributed by atoms with Crippen LogP contribution >= 0.6 is 0 Å². The SMILES string of the molecule is CN(CC(=O)O)C(=O)c1cc2cc(O)ccc2n1C. The number of phenols is 1. The third kappa shape index (κ3) is 2.37. The van der Waals surface area contributed by atoms with Crippen LogP contribution in [0.3, 0.4) is 0 Å². The molecule has 0 saturated carbocycles. The lowest BCUT2D eigenvalue weighted by atomic mass is 10.2. The van der Waals surface area contributed by atoms with Crippen molar-refractivity contribution in [2.75, 3.05) is 13.6 Å². The van der Waals surface area contributed by atoms with Crippen LogP contribution in [0.15, 0.2) is 24.3 Å². The molecule has 0 fully saturated rings. The summed E-state index contributed by atoms with van der Waals surface area (Å²) < 4.78 is 1.68. The van der Waals surface area contributed by atoms with Crippen molar-refractivity contribution in [1.82, 2.24) is 9.47 Å². The topological polar surface area (TPSA) is 82.8 Å². The summed E-state index contributed by atoms with van der Waals surface area (Å²) in [5.74, 6) is -1.32. The molecule has 0 saturated heterocycles. The van der Waals surface area contributed by atoms with Gasteiger partial charge in [0.25, 0.3) is 5.91 Å². The Balaban J connectivity index is 2.42. The second-order valence-corrected chi connectivity index (χ2v) is 4.39. The number of aliphatic carboxylic acids is 1. The first-order valence-electron chi connectivity index (χ1n) is 5.66. The van der Waals surface area contributed by atoms with Gasteiger partial charge in [-0.05, 0) is 24.3 Å². The molecule has 1 heterocycles. The zero-order valence-electron chi connectivity index (χ0n) is 10.6. The summed E-state index contributed by atoms with van der Waals surface area (Å²) >= 11 is 0. The minimum Gasteiger partial charge on any atom is -0.508 e. The van der Waals surface area contributed by atoms with Crippen molar-refractivity contribution in [3.05, 3.63) is 30.0 Å². The Morgan fingerprint density at radius 2 is 2.00 bits per heavy atom. The third-order valence-electron chi connectivity index (χ3n) is 2.96. The van der Waals surface area contributed by atoms with Crippen molar-refractivity contribution >= 4 is 22.8 Å². The van der Waals surface area contributed by atoms with Gasteiger partial charge in [0.05, 0.1) is 0 Å². The van der Waals surface area contributed by atoms with Gasteiger partial charge in [-0.2, -0.15) is 0 Å². The summed E-state index contributed by atoms with van der Waals surface area (Å²) in [5, 5.41) is 18.8. The fourth-order valence-electron chi connectivity index (χ4n) is 2.01. The molecule has 2 aromatic rings. The van der Waals surface area contributed by atoms with Crippen molar-refractivity contribution < 1.29 is 19.8 Å². The van der Waals surface area contributed by atoms with E-state index >= 15 is 0 Å². The zero-order chi connectivity index (χ0) is 14.2. The van der Waals surface area contributed by atoms with Gasteiger partial charge < -0.3 is 19.7 Å². The van der Waals surface area contributed by atoms with E-state index in [4.69, 9.17) is 5.11 Å². The van der Waals surface area contributed by atoms with Gasteiger partial charge in [-0.25, -0.2) is 0 Å². The van der Waals surface area contributed by atoms with E-state index < -0.39 is 5.97 Å². The van der Waals surface area contributed by atoms with E-state index in [2.05, 4.69) is 0 Å². The largest absolute Gasteiger partial charge is 0.508 e. The van der Waals surface area contributed by atoms with Crippen LogP contribution in [0.5, 0.6) is 5.75 Å². The Hall–Kier alpha value is -2.50. The van der Waals surface area contributed by atoms with E-state index in [0.29, 0.717) is 5.69 Å². The number of benzene rings is 1. The van der Waals surface area contributed by atoms with Gasteiger partial charge in [0.15, 0.2) is 0 Å². The normalized spacial score (nSPS) is 10.6. The lowest BCUT2D eigenvalue weighted by Crippen LogP contribution is -2.33. The molecule has 1 aromatic carbocycles. The maximum absolute atomic E-state index is 12.1. The van der Waals surface area contributed by atoms with Gasteiger partial charge in [0, 0.05) is 25.0 Å². The van der Waals surface area contributed by atoms with E-state index in [0.717, 1.165) is 15.8 Å². The molecule has 0 aliphatic carbocycles. The van der Waals surface area contributed by atoms with Crippen molar-refractivity contribution in [3.8, 4) is 5.75 Å². The highest BCUT2D eigenvalue weighted by molar-refractivity contribution is 5.99. The molecule has 19 heavy (non-hydrogen) atoms. The van der Waals surface area contributed by atoms with Gasteiger partial charge in [-0.1, -0.05) is 0 Å². The predicted octanol–water partition coefficient (Wildman–Crippen LogP) is 1.04. The molecule has 100 valence electrons. The number of phenolic OH excluding ortho intramolecular Hbond substituents is 1. The quantitative estimate of drug-likeness (QED) is 0.865. The molecule has 0 spiro atoms. The zero-order valence-corrected chi connectivity index (χ0v) is 10.6. The highest BCUT2D eigenvalue weighted by atomic mass is 16.4. The second-order valence-electron chi connectivity index (χ2n) is 4.39. The monoisotopic (exact) mass is 262 g/mol. The van der Waals surface area contributed by atoms with Crippen molar-refractivity contribution in [1.29, 1.82) is 0 Å². The second kappa shape index (κ2) is 4.64. The number of carboxylic acid groups (broad SMARTS) is 1. The Morgan fingerprint density at radius 1 is 1.32 bits per heavy atom. The number of hydrogen-bond acceptors (Lipinski definition) is 3. The average Bonchev–Trinajstić information content (AvgIpc) is 2.64. The first kappa shape index (κ1) is 12.9. The summed E-state index contributed by atoms with van der Waals surface area (Å²) in [7, 11) is 3.16. The Morgan fingerprint density at radius 3 is 2.63 bits per heavy atom. The number of amides is 1. The highest BCUT2D eigenvalue weighted by Crippen LogP contribution is 2.23. The summed E-state index contributed by atoms with van der Waals surface area (Å²) in [6.07, 6.45) is 0. The molecule has 0 radical (unpaired) electrons. The molecule has 6 nitrogen and oxygen atoms in total. The van der Waals surface area contributed by atoms with Crippen LogP contribution in [-0.2, 0) is 11.8 Å². The summed E-state index contributed by atoms with van der Waals surface area (Å²) in [6.45, 7) is -0.356. The maximum atomic E-state index is 12.1. The molecule has 0 unspecified atom stereocenters. The Bertz CT molecular complexity index is 660. The minimum absolute atomic E-state index is 0.121. The van der Waals surface area contributed by atoms with E-state index in [-0.39, 0.29) is 18.2 Å². The smallest absolute Gasteiger partial charge is 0.323 e. The van der Waals surface area contributed by atoms with Crippen LogP contribution in [-0.4, -0.2) is 45.1 Å². The number of carbonyl (C=O) groups is 2. The number of aromatic hydroxyl groups is 1. The van der Waals surface area contributed by atoms with E-state index in [1.54, 1.807) is 29.8 Å². The standard InChI is InChI=1S/C13H14N2O4/c1-14(7-12(17)18)13(19)11-6-8-5-9(16)3-4-10(8)15(11)2/h3-6,16H,7H2,1-2H3,(H,17,18). The fourth-order valence-corrected chi connectivity index (χ4v) is 2.01. The summed E-state index contributed by atoms with van der Waals surface area (Å²) in [4.78, 5) is 23.9. The number of carboxylic acids is 1. The van der Waals surface area contributed by atoms with Crippen LogP contribution in [0.1, 0.15) is 10.5 Å². The van der Waals surface area contributed by atoms with Crippen LogP contribution in [0, 0.1) is 0 Å². The third-order valence-corrected chi connectivity index (χ3v) is 2.96. The van der Waals surface area contributed by atoms with E-state index in [9.17, 15) is 14.7 Å². The maximum Gasteiger partial charge on any atom is 0.323 e. The lowest BCUT2D eigenvalue weighted by Gasteiger charge is -2.14. The number of likely N-dealkylation sites (N-methyl/N-ethyl adjacent to an activating group) is 1. The van der Waals surface area contributed by atoms with Gasteiger partial charge in [-0.15, -0.1) is 0 Å². The molecule has 1 aromatic heterocycles. The average molecular weight is 262 g/mol. The number of rotatable bonds is 3. The Kier molecular flexibility index (Phi) is 3.16. The molecule has 6 heteroatoms. The van der Waals surface area contributed by atoms with Gasteiger partial charge in [0.2, 0.25) is 0 Å². The molecule has 2 N–H and O–H groups in total. The lowest BCUT2D eigenvalue weighted by molar-refractivity contribution is -0.137. The van der Waals surface area contributed by atoms with Crippen LogP contribution in [0.25, 0.3) is 10.9 Å². The highest BCUT2D eigenvalue weighted by Gasteiger charge is 2.19. The van der Waals surface area contributed by atoms with E-state index in [1.165, 1.54) is 13.1 Å².